The lowest BCUT2D eigenvalue weighted by Crippen LogP contribution is -2.13. The number of ether oxygens (including phenoxy) is 1. The quantitative estimate of drug-likeness (QED) is 0.764. The third-order valence-electron chi connectivity index (χ3n) is 2.04. The fourth-order valence-corrected chi connectivity index (χ4v) is 1.33. The highest BCUT2D eigenvalue weighted by Gasteiger charge is 2.18. The molecule has 1 heterocycles. The summed E-state index contributed by atoms with van der Waals surface area (Å²) in [6, 6.07) is 1.28. The van der Waals surface area contributed by atoms with Gasteiger partial charge in [-0.15, -0.1) is 0 Å². The Labute approximate surface area is 91.5 Å². The van der Waals surface area contributed by atoms with Crippen LogP contribution in [0.2, 0.25) is 0 Å². The van der Waals surface area contributed by atoms with E-state index in [4.69, 9.17) is 14.9 Å². The average Bonchev–Trinajstić information content (AvgIpc) is 2.25. The molecule has 2 N–H and O–H groups in total. The van der Waals surface area contributed by atoms with Gasteiger partial charge in [-0.2, -0.15) is 0 Å². The normalized spacial score (nSPS) is 10.1. The van der Waals surface area contributed by atoms with Gasteiger partial charge in [-0.05, 0) is 12.5 Å². The van der Waals surface area contributed by atoms with Crippen molar-refractivity contribution in [1.29, 1.82) is 0 Å². The highest BCUT2D eigenvalue weighted by molar-refractivity contribution is 5.95. The van der Waals surface area contributed by atoms with Gasteiger partial charge in [0.15, 0.2) is 5.69 Å². The zero-order valence-corrected chi connectivity index (χ0v) is 8.64. The van der Waals surface area contributed by atoms with Gasteiger partial charge in [0.25, 0.3) is 0 Å². The van der Waals surface area contributed by atoms with Gasteiger partial charge in [-0.3, -0.25) is 0 Å². The van der Waals surface area contributed by atoms with E-state index in [2.05, 4.69) is 4.98 Å². The number of pyridine rings is 1. The minimum atomic E-state index is -1.24. The highest BCUT2D eigenvalue weighted by Crippen LogP contribution is 2.14. The van der Waals surface area contributed by atoms with Crippen LogP contribution in [0.4, 0.5) is 0 Å². The molecule has 1 rings (SSSR count). The minimum Gasteiger partial charge on any atom is -0.478 e. The van der Waals surface area contributed by atoms with Crippen LogP contribution in [0.25, 0.3) is 0 Å². The average molecular weight is 225 g/mol. The summed E-state index contributed by atoms with van der Waals surface area (Å²) < 4.78 is 4.80. The zero-order valence-electron chi connectivity index (χ0n) is 8.64. The van der Waals surface area contributed by atoms with Gasteiger partial charge in [-0.1, -0.05) is 0 Å². The lowest BCUT2D eigenvalue weighted by molar-refractivity contribution is 0.0688. The maximum Gasteiger partial charge on any atom is 0.354 e. The molecule has 0 bridgehead atoms. The summed E-state index contributed by atoms with van der Waals surface area (Å²) in [7, 11) is 1.46. The summed E-state index contributed by atoms with van der Waals surface area (Å²) in [6.07, 6.45) is 1.37. The van der Waals surface area contributed by atoms with Crippen molar-refractivity contribution in [3.8, 4) is 0 Å². The Morgan fingerprint density at radius 3 is 2.56 bits per heavy atom. The lowest BCUT2D eigenvalue weighted by atomic mass is 10.0. The molecular formula is C10H11NO5. The fourth-order valence-electron chi connectivity index (χ4n) is 1.33. The first kappa shape index (κ1) is 12.1. The van der Waals surface area contributed by atoms with Crippen LogP contribution in [0.5, 0.6) is 0 Å². The molecule has 0 aliphatic heterocycles. The molecule has 0 unspecified atom stereocenters. The standard InChI is InChI=1S/C10H11NO5/c1-16-5-3-6-7(9(12)13)2-4-11-8(6)10(14)15/h2,4H,3,5H2,1H3,(H,12,13)(H,14,15). The predicted octanol–water partition coefficient (Wildman–Crippen LogP) is 0.667. The lowest BCUT2D eigenvalue weighted by Gasteiger charge is -2.07. The molecule has 0 fully saturated rings. The molecule has 86 valence electrons. The van der Waals surface area contributed by atoms with Crippen molar-refractivity contribution >= 4 is 11.9 Å². The SMILES string of the molecule is COCCc1c(C(=O)O)ccnc1C(=O)O. The van der Waals surface area contributed by atoms with Crippen molar-refractivity contribution in [3.05, 3.63) is 29.1 Å². The van der Waals surface area contributed by atoms with Gasteiger partial charge in [0.2, 0.25) is 0 Å². The van der Waals surface area contributed by atoms with Crippen LogP contribution in [0.3, 0.4) is 0 Å². The zero-order chi connectivity index (χ0) is 12.1. The maximum atomic E-state index is 10.9. The van der Waals surface area contributed by atoms with Crippen molar-refractivity contribution in [2.75, 3.05) is 13.7 Å². The molecule has 6 nitrogen and oxygen atoms in total. The molecular weight excluding hydrogens is 214 g/mol. The van der Waals surface area contributed by atoms with Gasteiger partial charge in [0.1, 0.15) is 0 Å². The van der Waals surface area contributed by atoms with E-state index in [9.17, 15) is 9.59 Å². The molecule has 0 aliphatic rings. The van der Waals surface area contributed by atoms with E-state index in [1.807, 2.05) is 0 Å². The largest absolute Gasteiger partial charge is 0.478 e. The number of nitrogens with zero attached hydrogens (tertiary/aromatic N) is 1. The van der Waals surface area contributed by atoms with E-state index in [1.54, 1.807) is 0 Å². The predicted molar refractivity (Wildman–Crippen MR) is 53.7 cm³/mol. The first-order chi connectivity index (χ1) is 7.57. The van der Waals surface area contributed by atoms with Crippen molar-refractivity contribution in [2.24, 2.45) is 0 Å². The summed E-state index contributed by atoms with van der Waals surface area (Å²) in [5.41, 5.74) is -0.106. The molecule has 0 saturated carbocycles. The number of rotatable bonds is 5. The number of carboxylic acid groups (broad SMARTS) is 2. The Morgan fingerprint density at radius 2 is 2.06 bits per heavy atom. The van der Waals surface area contributed by atoms with Crippen LogP contribution in [-0.4, -0.2) is 40.9 Å². The smallest absolute Gasteiger partial charge is 0.354 e. The summed E-state index contributed by atoms with van der Waals surface area (Å²) in [4.78, 5) is 25.4. The Morgan fingerprint density at radius 1 is 1.38 bits per heavy atom. The molecule has 0 amide bonds. The van der Waals surface area contributed by atoms with E-state index >= 15 is 0 Å². The first-order valence-corrected chi connectivity index (χ1v) is 4.51. The summed E-state index contributed by atoms with van der Waals surface area (Å²) in [6.45, 7) is 0.242. The second-order valence-corrected chi connectivity index (χ2v) is 3.04. The van der Waals surface area contributed by atoms with Gasteiger partial charge >= 0.3 is 11.9 Å². The summed E-state index contributed by atoms with van der Waals surface area (Å²) in [5.74, 6) is -2.41. The Balaban J connectivity index is 3.23. The van der Waals surface area contributed by atoms with Gasteiger partial charge in [0.05, 0.1) is 12.2 Å². The summed E-state index contributed by atoms with van der Waals surface area (Å²) in [5, 5.41) is 17.8. The second-order valence-electron chi connectivity index (χ2n) is 3.04. The van der Waals surface area contributed by atoms with Crippen LogP contribution in [0, 0.1) is 0 Å². The Hall–Kier alpha value is -1.95. The Bertz CT molecular complexity index is 383. The van der Waals surface area contributed by atoms with Gasteiger partial charge in [0, 0.05) is 18.9 Å². The highest BCUT2D eigenvalue weighted by atomic mass is 16.5. The molecule has 0 atom stereocenters. The van der Waals surface area contributed by atoms with Gasteiger partial charge < -0.3 is 14.9 Å². The van der Waals surface area contributed by atoms with Crippen molar-refractivity contribution in [3.63, 3.8) is 0 Å². The van der Waals surface area contributed by atoms with Crippen LogP contribution in [0.15, 0.2) is 12.3 Å². The van der Waals surface area contributed by atoms with E-state index in [0.29, 0.717) is 0 Å². The Kier molecular flexibility index (Phi) is 3.96. The number of hydrogen-bond donors (Lipinski definition) is 2. The second kappa shape index (κ2) is 5.22. The molecule has 0 aliphatic carbocycles. The van der Waals surface area contributed by atoms with E-state index in [0.717, 1.165) is 0 Å². The molecule has 0 spiro atoms. The van der Waals surface area contributed by atoms with Crippen molar-refractivity contribution in [2.45, 2.75) is 6.42 Å². The molecule has 1 aromatic rings. The van der Waals surface area contributed by atoms with Crippen LogP contribution < -0.4 is 0 Å². The maximum absolute atomic E-state index is 10.9. The molecule has 6 heteroatoms. The number of carbonyl (C=O) groups is 2. The number of aromatic nitrogens is 1. The molecule has 1 aromatic heterocycles. The molecule has 0 radical (unpaired) electrons. The van der Waals surface area contributed by atoms with E-state index in [-0.39, 0.29) is 29.8 Å². The summed E-state index contributed by atoms with van der Waals surface area (Å²) >= 11 is 0. The van der Waals surface area contributed by atoms with Crippen LogP contribution >= 0.6 is 0 Å². The first-order valence-electron chi connectivity index (χ1n) is 4.51. The van der Waals surface area contributed by atoms with Gasteiger partial charge in [-0.25, -0.2) is 14.6 Å². The number of methoxy groups -OCH3 is 1. The van der Waals surface area contributed by atoms with Crippen LogP contribution in [0.1, 0.15) is 26.4 Å². The number of carboxylic acids is 2. The minimum absolute atomic E-state index is 0.0514. The third-order valence-corrected chi connectivity index (χ3v) is 2.04. The third kappa shape index (κ3) is 2.54. The van der Waals surface area contributed by atoms with E-state index in [1.165, 1.54) is 19.4 Å². The number of aromatic carboxylic acids is 2. The fraction of sp³-hybridized carbons (Fsp3) is 0.300. The molecule has 16 heavy (non-hydrogen) atoms. The van der Waals surface area contributed by atoms with E-state index < -0.39 is 11.9 Å². The van der Waals surface area contributed by atoms with Crippen molar-refractivity contribution < 1.29 is 24.5 Å². The monoisotopic (exact) mass is 225 g/mol. The van der Waals surface area contributed by atoms with Crippen LogP contribution in [-0.2, 0) is 11.2 Å². The topological polar surface area (TPSA) is 96.7 Å². The number of hydrogen-bond acceptors (Lipinski definition) is 4. The molecule has 0 aromatic carbocycles. The van der Waals surface area contributed by atoms with Crippen molar-refractivity contribution in [1.82, 2.24) is 4.98 Å². The molecule has 0 saturated heterocycles.